The molecule has 0 saturated carbocycles. The number of sulfonamides is 1. The maximum absolute atomic E-state index is 14.2. The molecular weight excluding hydrogens is 546 g/mol. The van der Waals surface area contributed by atoms with Crippen LogP contribution in [0, 0.1) is 13.8 Å². The number of anilines is 1. The molecule has 0 saturated heterocycles. The Morgan fingerprint density at radius 1 is 0.950 bits per heavy atom. The van der Waals surface area contributed by atoms with Gasteiger partial charge in [-0.3, -0.25) is 13.9 Å². The van der Waals surface area contributed by atoms with Crippen molar-refractivity contribution in [3.8, 4) is 0 Å². The Bertz CT molecular complexity index is 1430. The zero-order valence-corrected chi connectivity index (χ0v) is 25.3. The van der Waals surface area contributed by atoms with Crippen molar-refractivity contribution in [3.05, 3.63) is 100 Å². The van der Waals surface area contributed by atoms with Crippen LogP contribution in [-0.4, -0.2) is 50.0 Å². The molecule has 7 nitrogen and oxygen atoms in total. The van der Waals surface area contributed by atoms with Gasteiger partial charge in [0.25, 0.3) is 0 Å². The number of hydrogen-bond donors (Lipinski definition) is 1. The number of aryl methyl sites for hydroxylation is 1. The minimum absolute atomic E-state index is 0.0360. The van der Waals surface area contributed by atoms with Gasteiger partial charge in [-0.1, -0.05) is 79.2 Å². The van der Waals surface area contributed by atoms with Crippen LogP contribution in [0.25, 0.3) is 0 Å². The maximum Gasteiger partial charge on any atom is 0.244 e. The summed E-state index contributed by atoms with van der Waals surface area (Å²) in [5, 5.41) is 3.47. The largest absolute Gasteiger partial charge is 0.352 e. The molecule has 0 aliphatic carbocycles. The molecular formula is C31H38ClN3O4S. The van der Waals surface area contributed by atoms with Crippen molar-refractivity contribution in [3.63, 3.8) is 0 Å². The molecule has 2 amide bonds. The first-order chi connectivity index (χ1) is 18.9. The molecule has 0 bridgehead atoms. The summed E-state index contributed by atoms with van der Waals surface area (Å²) in [6, 6.07) is 20.9. The van der Waals surface area contributed by atoms with E-state index in [1.54, 1.807) is 30.3 Å². The summed E-state index contributed by atoms with van der Waals surface area (Å²) >= 11 is 6.49. The second-order valence-electron chi connectivity index (χ2n) is 10.1. The lowest BCUT2D eigenvalue weighted by Gasteiger charge is -2.34. The Morgan fingerprint density at radius 2 is 1.60 bits per heavy atom. The van der Waals surface area contributed by atoms with Crippen LogP contribution in [0.1, 0.15) is 42.5 Å². The summed E-state index contributed by atoms with van der Waals surface area (Å²) in [5.41, 5.74) is 3.62. The quantitative estimate of drug-likeness (QED) is 0.314. The van der Waals surface area contributed by atoms with Crippen molar-refractivity contribution in [1.82, 2.24) is 10.2 Å². The topological polar surface area (TPSA) is 86.8 Å². The lowest BCUT2D eigenvalue weighted by Crippen LogP contribution is -2.54. The molecule has 3 aromatic carbocycles. The van der Waals surface area contributed by atoms with Gasteiger partial charge in [-0.15, -0.1) is 0 Å². The summed E-state index contributed by atoms with van der Waals surface area (Å²) < 4.78 is 27.1. The monoisotopic (exact) mass is 583 g/mol. The molecule has 3 aromatic rings. The standard InChI is InChI=1S/C31H38ClN3O4S/c1-6-23(3)33-31(37)29(19-25-14-8-7-9-15-25)34(20-26-16-10-11-17-27(26)32)30(36)21-35(40(5,38)39)28-18-12-13-22(2)24(28)4/h7-18,23,29H,6,19-21H2,1-5H3,(H,33,37). The average Bonchev–Trinajstić information content (AvgIpc) is 2.91. The highest BCUT2D eigenvalue weighted by Crippen LogP contribution is 2.26. The van der Waals surface area contributed by atoms with Crippen LogP contribution < -0.4 is 9.62 Å². The number of nitrogens with zero attached hydrogens (tertiary/aromatic N) is 2. The second kappa shape index (κ2) is 13.8. The van der Waals surface area contributed by atoms with Crippen LogP contribution in [0.3, 0.4) is 0 Å². The van der Waals surface area contributed by atoms with E-state index in [1.165, 1.54) is 4.90 Å². The molecule has 0 aliphatic rings. The Kier molecular flexibility index (Phi) is 10.8. The molecule has 0 heterocycles. The van der Waals surface area contributed by atoms with E-state index in [0.29, 0.717) is 16.3 Å². The van der Waals surface area contributed by atoms with E-state index in [2.05, 4.69) is 5.32 Å². The third-order valence-corrected chi connectivity index (χ3v) is 8.59. The molecule has 0 aliphatic heterocycles. The molecule has 0 aromatic heterocycles. The Hall–Kier alpha value is -3.36. The fourth-order valence-electron chi connectivity index (χ4n) is 4.41. The van der Waals surface area contributed by atoms with Gasteiger partial charge in [0.05, 0.1) is 11.9 Å². The SMILES string of the molecule is CCC(C)NC(=O)C(Cc1ccccc1)N(Cc1ccccc1Cl)C(=O)CN(c1cccc(C)c1C)S(C)(=O)=O. The smallest absolute Gasteiger partial charge is 0.244 e. The Labute approximate surface area is 243 Å². The number of carbonyl (C=O) groups excluding carboxylic acids is 2. The van der Waals surface area contributed by atoms with Crippen LogP contribution in [0.2, 0.25) is 5.02 Å². The number of carbonyl (C=O) groups is 2. The summed E-state index contributed by atoms with van der Waals surface area (Å²) in [6.07, 6.45) is 2.05. The average molecular weight is 584 g/mol. The van der Waals surface area contributed by atoms with Crippen LogP contribution in [-0.2, 0) is 32.6 Å². The molecule has 0 spiro atoms. The molecule has 3 rings (SSSR count). The first-order valence-electron chi connectivity index (χ1n) is 13.3. The Balaban J connectivity index is 2.10. The van der Waals surface area contributed by atoms with Gasteiger partial charge in [-0.25, -0.2) is 8.42 Å². The molecule has 0 radical (unpaired) electrons. The van der Waals surface area contributed by atoms with Gasteiger partial charge < -0.3 is 10.2 Å². The number of amides is 2. The molecule has 0 fully saturated rings. The summed E-state index contributed by atoms with van der Waals surface area (Å²) in [7, 11) is -3.84. The lowest BCUT2D eigenvalue weighted by atomic mass is 10.0. The number of benzene rings is 3. The zero-order valence-electron chi connectivity index (χ0n) is 23.7. The number of rotatable bonds is 12. The van der Waals surface area contributed by atoms with Crippen LogP contribution in [0.4, 0.5) is 5.69 Å². The van der Waals surface area contributed by atoms with Gasteiger partial charge >= 0.3 is 0 Å². The zero-order chi connectivity index (χ0) is 29.4. The van der Waals surface area contributed by atoms with Crippen molar-refractivity contribution >= 4 is 39.1 Å². The predicted molar refractivity (Wildman–Crippen MR) is 162 cm³/mol. The van der Waals surface area contributed by atoms with Crippen molar-refractivity contribution in [1.29, 1.82) is 0 Å². The highest BCUT2D eigenvalue weighted by molar-refractivity contribution is 7.92. The highest BCUT2D eigenvalue weighted by Gasteiger charge is 2.34. The summed E-state index contributed by atoms with van der Waals surface area (Å²) in [6.45, 7) is 7.16. The van der Waals surface area contributed by atoms with Crippen molar-refractivity contribution < 1.29 is 18.0 Å². The van der Waals surface area contributed by atoms with E-state index < -0.39 is 28.5 Å². The third kappa shape index (κ3) is 8.08. The normalized spacial score (nSPS) is 12.8. The van der Waals surface area contributed by atoms with Crippen molar-refractivity contribution in [2.24, 2.45) is 0 Å². The fourth-order valence-corrected chi connectivity index (χ4v) is 5.50. The first kappa shape index (κ1) is 31.2. The van der Waals surface area contributed by atoms with Crippen LogP contribution in [0.15, 0.2) is 72.8 Å². The van der Waals surface area contributed by atoms with Crippen molar-refractivity contribution in [2.45, 2.75) is 59.2 Å². The van der Waals surface area contributed by atoms with Gasteiger partial charge in [0.2, 0.25) is 21.8 Å². The lowest BCUT2D eigenvalue weighted by molar-refractivity contribution is -0.140. The molecule has 40 heavy (non-hydrogen) atoms. The van der Waals surface area contributed by atoms with E-state index in [1.807, 2.05) is 70.2 Å². The van der Waals surface area contributed by atoms with Crippen molar-refractivity contribution in [2.75, 3.05) is 17.1 Å². The Morgan fingerprint density at radius 3 is 2.23 bits per heavy atom. The van der Waals surface area contributed by atoms with Gasteiger partial charge in [-0.05, 0) is 61.6 Å². The first-order valence-corrected chi connectivity index (χ1v) is 15.6. The number of halogens is 1. The minimum atomic E-state index is -3.84. The summed E-state index contributed by atoms with van der Waals surface area (Å²) in [4.78, 5) is 29.3. The van der Waals surface area contributed by atoms with Gasteiger partial charge in [-0.2, -0.15) is 0 Å². The molecule has 2 atom stereocenters. The second-order valence-corrected chi connectivity index (χ2v) is 12.4. The van der Waals surface area contributed by atoms with Gasteiger partial charge in [0, 0.05) is 24.0 Å². The van der Waals surface area contributed by atoms with E-state index in [4.69, 9.17) is 11.6 Å². The minimum Gasteiger partial charge on any atom is -0.352 e. The van der Waals surface area contributed by atoms with E-state index >= 15 is 0 Å². The van der Waals surface area contributed by atoms with Gasteiger partial charge in [0.15, 0.2) is 0 Å². The van der Waals surface area contributed by atoms with Gasteiger partial charge in [0.1, 0.15) is 12.6 Å². The number of hydrogen-bond acceptors (Lipinski definition) is 4. The number of nitrogens with one attached hydrogen (secondary N) is 1. The van der Waals surface area contributed by atoms with E-state index in [-0.39, 0.29) is 24.9 Å². The van der Waals surface area contributed by atoms with Crippen LogP contribution >= 0.6 is 11.6 Å². The molecule has 1 N–H and O–H groups in total. The predicted octanol–water partition coefficient (Wildman–Crippen LogP) is 5.28. The maximum atomic E-state index is 14.2. The highest BCUT2D eigenvalue weighted by atomic mass is 35.5. The molecule has 9 heteroatoms. The summed E-state index contributed by atoms with van der Waals surface area (Å²) in [5.74, 6) is -0.817. The third-order valence-electron chi connectivity index (χ3n) is 7.09. The van der Waals surface area contributed by atoms with Crippen LogP contribution in [0.5, 0.6) is 0 Å². The van der Waals surface area contributed by atoms with E-state index in [9.17, 15) is 18.0 Å². The van der Waals surface area contributed by atoms with E-state index in [0.717, 1.165) is 33.7 Å². The fraction of sp³-hybridized carbons (Fsp3) is 0.355. The molecule has 214 valence electrons. The molecule has 2 unspecified atom stereocenters.